The van der Waals surface area contributed by atoms with Crippen LogP contribution in [0.1, 0.15) is 27.2 Å². The number of ether oxygens (including phenoxy) is 2. The van der Waals surface area contributed by atoms with Crippen LogP contribution in [0.5, 0.6) is 0 Å². The largest absolute Gasteiger partial charge is 0.444 e. The van der Waals surface area contributed by atoms with E-state index in [0.29, 0.717) is 19.6 Å². The molecule has 1 aliphatic rings. The van der Waals surface area contributed by atoms with Gasteiger partial charge in [0.1, 0.15) is 11.6 Å². The fourth-order valence-electron chi connectivity index (χ4n) is 2.34. The Bertz CT molecular complexity index is 380. The number of rotatable bonds is 4. The van der Waals surface area contributed by atoms with E-state index in [4.69, 9.17) is 14.3 Å². The van der Waals surface area contributed by atoms with Crippen molar-refractivity contribution >= 4 is 12.0 Å². The summed E-state index contributed by atoms with van der Waals surface area (Å²) in [5.74, 6) is -0.149. The first kappa shape index (κ1) is 17.7. The molecule has 2 atom stereocenters. The Labute approximate surface area is 126 Å². The fourth-order valence-corrected chi connectivity index (χ4v) is 2.34. The smallest absolute Gasteiger partial charge is 0.410 e. The molecule has 2 unspecified atom stereocenters. The summed E-state index contributed by atoms with van der Waals surface area (Å²) in [6.07, 6.45) is 0.0588. The molecule has 0 radical (unpaired) electrons. The average molecular weight is 302 g/mol. The molecule has 1 saturated heterocycles. The first-order valence-corrected chi connectivity index (χ1v) is 6.99. The zero-order valence-electron chi connectivity index (χ0n) is 13.7. The number of hydrogen-bond acceptors (Lipinski definition) is 5. The minimum atomic E-state index is -0.600. The quantitative estimate of drug-likeness (QED) is 0.732. The molecule has 21 heavy (non-hydrogen) atoms. The van der Waals surface area contributed by atoms with Crippen molar-refractivity contribution in [3.05, 3.63) is 0 Å². The van der Waals surface area contributed by atoms with E-state index in [1.165, 1.54) is 19.1 Å². The van der Waals surface area contributed by atoms with Crippen LogP contribution in [0, 0.1) is 5.92 Å². The number of hydroxylamine groups is 2. The monoisotopic (exact) mass is 302 g/mol. The van der Waals surface area contributed by atoms with E-state index in [1.807, 2.05) is 0 Å². The molecule has 0 spiro atoms. The topological polar surface area (TPSA) is 68.3 Å². The van der Waals surface area contributed by atoms with Gasteiger partial charge < -0.3 is 9.47 Å². The van der Waals surface area contributed by atoms with E-state index >= 15 is 0 Å². The van der Waals surface area contributed by atoms with Gasteiger partial charge in [0.2, 0.25) is 0 Å². The lowest BCUT2D eigenvalue weighted by atomic mass is 10.1. The SMILES string of the molecule is COCC1CC(C(=O)N(C)OC)N(C(=O)OC(C)(C)C)C1. The molecular formula is C14H26N2O5. The lowest BCUT2D eigenvalue weighted by Gasteiger charge is -2.29. The maximum absolute atomic E-state index is 12.3. The second-order valence-electron chi connectivity index (χ2n) is 6.22. The zero-order chi connectivity index (χ0) is 16.2. The van der Waals surface area contributed by atoms with E-state index in [-0.39, 0.29) is 11.8 Å². The van der Waals surface area contributed by atoms with E-state index < -0.39 is 17.7 Å². The summed E-state index contributed by atoms with van der Waals surface area (Å²) in [6, 6.07) is -0.579. The van der Waals surface area contributed by atoms with E-state index in [9.17, 15) is 9.59 Å². The molecule has 2 amide bonds. The van der Waals surface area contributed by atoms with Crippen molar-refractivity contribution in [2.45, 2.75) is 38.8 Å². The van der Waals surface area contributed by atoms with Crippen LogP contribution in [0.2, 0.25) is 0 Å². The number of carbonyl (C=O) groups excluding carboxylic acids is 2. The fraction of sp³-hybridized carbons (Fsp3) is 0.857. The summed E-state index contributed by atoms with van der Waals surface area (Å²) in [7, 11) is 4.55. The number of methoxy groups -OCH3 is 1. The van der Waals surface area contributed by atoms with Crippen molar-refractivity contribution in [3.63, 3.8) is 0 Å². The number of carbonyl (C=O) groups is 2. The molecular weight excluding hydrogens is 276 g/mol. The molecule has 1 aliphatic heterocycles. The van der Waals surface area contributed by atoms with Crippen molar-refractivity contribution in [1.82, 2.24) is 9.96 Å². The van der Waals surface area contributed by atoms with Crippen LogP contribution in [0.25, 0.3) is 0 Å². The standard InChI is InChI=1S/C14H26N2O5/c1-14(2,3)21-13(18)16-8-10(9-19-5)7-11(16)12(17)15(4)20-6/h10-11H,7-9H2,1-6H3. The summed E-state index contributed by atoms with van der Waals surface area (Å²) < 4.78 is 10.5. The number of amides is 2. The molecule has 0 N–H and O–H groups in total. The predicted octanol–water partition coefficient (Wildman–Crippen LogP) is 1.28. The van der Waals surface area contributed by atoms with E-state index in [1.54, 1.807) is 27.9 Å². The molecule has 0 aromatic heterocycles. The molecule has 0 aliphatic carbocycles. The molecule has 7 nitrogen and oxygen atoms in total. The Kier molecular flexibility index (Phi) is 5.98. The van der Waals surface area contributed by atoms with Gasteiger partial charge in [-0.15, -0.1) is 0 Å². The van der Waals surface area contributed by atoms with Crippen molar-refractivity contribution in [1.29, 1.82) is 0 Å². The molecule has 0 aromatic carbocycles. The molecule has 1 fully saturated rings. The summed E-state index contributed by atoms with van der Waals surface area (Å²) in [4.78, 5) is 31.0. The summed E-state index contributed by atoms with van der Waals surface area (Å²) in [5, 5.41) is 1.14. The van der Waals surface area contributed by atoms with Crippen LogP contribution in [0.4, 0.5) is 4.79 Å². The van der Waals surface area contributed by atoms with Crippen LogP contribution in [0.15, 0.2) is 0 Å². The third kappa shape index (κ3) is 4.86. The van der Waals surface area contributed by atoms with Crippen LogP contribution in [0.3, 0.4) is 0 Å². The second-order valence-corrected chi connectivity index (χ2v) is 6.22. The first-order chi connectivity index (χ1) is 9.69. The maximum Gasteiger partial charge on any atom is 0.410 e. The van der Waals surface area contributed by atoms with Gasteiger partial charge in [0.15, 0.2) is 0 Å². The maximum atomic E-state index is 12.3. The van der Waals surface area contributed by atoms with Gasteiger partial charge in [0.05, 0.1) is 13.7 Å². The predicted molar refractivity (Wildman–Crippen MR) is 76.5 cm³/mol. The number of nitrogens with zero attached hydrogens (tertiary/aromatic N) is 2. The Hall–Kier alpha value is -1.34. The Balaban J connectivity index is 2.85. The lowest BCUT2D eigenvalue weighted by Crippen LogP contribution is -2.47. The summed E-state index contributed by atoms with van der Waals surface area (Å²) in [5.41, 5.74) is -0.600. The zero-order valence-corrected chi connectivity index (χ0v) is 13.7. The van der Waals surface area contributed by atoms with Crippen LogP contribution >= 0.6 is 0 Å². The number of likely N-dealkylation sites (tertiary alicyclic amines) is 1. The Morgan fingerprint density at radius 1 is 1.29 bits per heavy atom. The average Bonchev–Trinajstić information content (AvgIpc) is 2.79. The van der Waals surface area contributed by atoms with Crippen molar-refractivity contribution in [2.75, 3.05) is 34.4 Å². The van der Waals surface area contributed by atoms with Crippen LogP contribution in [-0.2, 0) is 19.1 Å². The third-order valence-electron chi connectivity index (χ3n) is 3.29. The second kappa shape index (κ2) is 7.09. The minimum absolute atomic E-state index is 0.113. The third-order valence-corrected chi connectivity index (χ3v) is 3.29. The normalized spacial score (nSPS) is 22.3. The molecule has 122 valence electrons. The first-order valence-electron chi connectivity index (χ1n) is 6.99. The molecule has 0 saturated carbocycles. The van der Waals surface area contributed by atoms with Crippen molar-refractivity contribution in [2.24, 2.45) is 5.92 Å². The lowest BCUT2D eigenvalue weighted by molar-refractivity contribution is -0.173. The van der Waals surface area contributed by atoms with Gasteiger partial charge in [-0.1, -0.05) is 0 Å². The molecule has 1 heterocycles. The summed E-state index contributed by atoms with van der Waals surface area (Å²) >= 11 is 0. The highest BCUT2D eigenvalue weighted by atomic mass is 16.7. The molecule has 1 rings (SSSR count). The Morgan fingerprint density at radius 3 is 2.38 bits per heavy atom. The van der Waals surface area contributed by atoms with Gasteiger partial charge >= 0.3 is 6.09 Å². The van der Waals surface area contributed by atoms with E-state index in [0.717, 1.165) is 5.06 Å². The van der Waals surface area contributed by atoms with Crippen molar-refractivity contribution in [3.8, 4) is 0 Å². The highest BCUT2D eigenvalue weighted by molar-refractivity contribution is 5.85. The van der Waals surface area contributed by atoms with Gasteiger partial charge in [-0.3, -0.25) is 14.5 Å². The number of hydrogen-bond donors (Lipinski definition) is 0. The van der Waals surface area contributed by atoms with Crippen molar-refractivity contribution < 1.29 is 23.9 Å². The Morgan fingerprint density at radius 2 is 1.90 bits per heavy atom. The van der Waals surface area contributed by atoms with Gasteiger partial charge in [-0.2, -0.15) is 0 Å². The molecule has 0 aromatic rings. The summed E-state index contributed by atoms with van der Waals surface area (Å²) in [6.45, 7) is 6.33. The highest BCUT2D eigenvalue weighted by Crippen LogP contribution is 2.27. The van der Waals surface area contributed by atoms with Gasteiger partial charge in [0.25, 0.3) is 5.91 Å². The minimum Gasteiger partial charge on any atom is -0.444 e. The molecule has 0 bridgehead atoms. The van der Waals surface area contributed by atoms with Gasteiger partial charge in [-0.05, 0) is 27.2 Å². The highest BCUT2D eigenvalue weighted by Gasteiger charge is 2.42. The van der Waals surface area contributed by atoms with Gasteiger partial charge in [-0.25, -0.2) is 9.86 Å². The number of likely N-dealkylation sites (N-methyl/N-ethyl adjacent to an activating group) is 1. The van der Waals surface area contributed by atoms with Gasteiger partial charge in [0, 0.05) is 26.6 Å². The van der Waals surface area contributed by atoms with E-state index in [2.05, 4.69) is 0 Å². The van der Waals surface area contributed by atoms with Crippen LogP contribution < -0.4 is 0 Å². The molecule has 7 heteroatoms. The van der Waals surface area contributed by atoms with Crippen LogP contribution in [-0.4, -0.2) is 68.0 Å².